The molecule has 0 aliphatic rings. The fourth-order valence-electron chi connectivity index (χ4n) is 3.64. The Labute approximate surface area is 186 Å². The molecule has 1 atom stereocenters. The lowest BCUT2D eigenvalue weighted by Gasteiger charge is -2.19. The topological polar surface area (TPSA) is 74.6 Å². The van der Waals surface area contributed by atoms with Crippen molar-refractivity contribution in [1.29, 1.82) is 0 Å². The maximum atomic E-state index is 12.5. The van der Waals surface area contributed by atoms with Crippen LogP contribution in [0.2, 0.25) is 0 Å². The molecule has 7 nitrogen and oxygen atoms in total. The Hall–Kier alpha value is -2.83. The number of guanidine groups is 1. The SMILES string of the molecule is CCNC(=NCc1ccc(C(=O)N(CC)CC)cc1)NC(C)Cc1c(C)nn(C)c1C. The minimum absolute atomic E-state index is 0.0740. The lowest BCUT2D eigenvalue weighted by atomic mass is 10.1. The third kappa shape index (κ3) is 6.57. The Balaban J connectivity index is 2.02. The minimum Gasteiger partial charge on any atom is -0.357 e. The van der Waals surface area contributed by atoms with Gasteiger partial charge in [-0.25, -0.2) is 4.99 Å². The van der Waals surface area contributed by atoms with Crippen molar-refractivity contribution in [3.05, 3.63) is 52.3 Å². The Morgan fingerprint density at radius 1 is 1.16 bits per heavy atom. The zero-order valence-corrected chi connectivity index (χ0v) is 20.1. The van der Waals surface area contributed by atoms with Crippen molar-refractivity contribution in [3.8, 4) is 0 Å². The molecule has 1 heterocycles. The maximum Gasteiger partial charge on any atom is 0.253 e. The predicted octanol–water partition coefficient (Wildman–Crippen LogP) is 3.21. The second-order valence-electron chi connectivity index (χ2n) is 7.89. The maximum absolute atomic E-state index is 12.5. The molecule has 0 saturated carbocycles. The van der Waals surface area contributed by atoms with Crippen molar-refractivity contribution in [2.24, 2.45) is 12.0 Å². The number of hydrogen-bond donors (Lipinski definition) is 2. The van der Waals surface area contributed by atoms with Crippen LogP contribution in [0.4, 0.5) is 0 Å². The Bertz CT molecular complexity index is 880. The summed E-state index contributed by atoms with van der Waals surface area (Å²) in [5, 5.41) is 11.3. The van der Waals surface area contributed by atoms with Gasteiger partial charge >= 0.3 is 0 Å². The van der Waals surface area contributed by atoms with E-state index in [9.17, 15) is 4.79 Å². The van der Waals surface area contributed by atoms with Crippen molar-refractivity contribution in [2.75, 3.05) is 19.6 Å². The van der Waals surface area contributed by atoms with Crippen LogP contribution < -0.4 is 10.6 Å². The summed E-state index contributed by atoms with van der Waals surface area (Å²) < 4.78 is 1.94. The number of aliphatic imine (C=N–C) groups is 1. The molecule has 0 bridgehead atoms. The molecule has 1 amide bonds. The van der Waals surface area contributed by atoms with E-state index < -0.39 is 0 Å². The average molecular weight is 427 g/mol. The molecule has 2 N–H and O–H groups in total. The Kier molecular flexibility index (Phi) is 9.09. The van der Waals surface area contributed by atoms with Crippen LogP contribution in [-0.4, -0.2) is 52.2 Å². The molecule has 0 aliphatic carbocycles. The number of hydrogen-bond acceptors (Lipinski definition) is 3. The highest BCUT2D eigenvalue weighted by Gasteiger charge is 2.14. The van der Waals surface area contributed by atoms with Gasteiger partial charge in [0.15, 0.2) is 5.96 Å². The standard InChI is InChI=1S/C24H38N6O/c1-8-25-24(27-17(4)15-22-18(5)28-29(7)19(22)6)26-16-20-11-13-21(14-12-20)23(31)30(9-2)10-3/h11-14,17H,8-10,15-16H2,1-7H3,(H2,25,26,27). The first kappa shape index (κ1) is 24.4. The predicted molar refractivity (Wildman–Crippen MR) is 127 cm³/mol. The monoisotopic (exact) mass is 426 g/mol. The van der Waals surface area contributed by atoms with E-state index >= 15 is 0 Å². The zero-order chi connectivity index (χ0) is 23.0. The van der Waals surface area contributed by atoms with Gasteiger partial charge in [0, 0.05) is 44.0 Å². The molecule has 1 unspecified atom stereocenters. The first-order chi connectivity index (χ1) is 14.8. The van der Waals surface area contributed by atoms with E-state index in [4.69, 9.17) is 4.99 Å². The van der Waals surface area contributed by atoms with Crippen molar-refractivity contribution in [3.63, 3.8) is 0 Å². The van der Waals surface area contributed by atoms with Gasteiger partial charge in [-0.1, -0.05) is 12.1 Å². The number of nitrogens with zero attached hydrogens (tertiary/aromatic N) is 4. The van der Waals surface area contributed by atoms with E-state index in [1.807, 2.05) is 54.7 Å². The molecular formula is C24H38N6O. The first-order valence-electron chi connectivity index (χ1n) is 11.2. The number of aromatic nitrogens is 2. The molecule has 170 valence electrons. The summed E-state index contributed by atoms with van der Waals surface area (Å²) in [4.78, 5) is 19.0. The highest BCUT2D eigenvalue weighted by Crippen LogP contribution is 2.14. The molecular weight excluding hydrogens is 388 g/mol. The molecule has 0 radical (unpaired) electrons. The van der Waals surface area contributed by atoms with Crippen LogP contribution in [0.15, 0.2) is 29.3 Å². The number of amides is 1. The van der Waals surface area contributed by atoms with Gasteiger partial charge in [-0.05, 0) is 71.2 Å². The third-order valence-electron chi connectivity index (χ3n) is 5.57. The fourth-order valence-corrected chi connectivity index (χ4v) is 3.64. The van der Waals surface area contributed by atoms with E-state index in [1.165, 1.54) is 11.3 Å². The number of carbonyl (C=O) groups is 1. The van der Waals surface area contributed by atoms with Gasteiger partial charge in [-0.15, -0.1) is 0 Å². The highest BCUT2D eigenvalue weighted by molar-refractivity contribution is 5.94. The van der Waals surface area contributed by atoms with Gasteiger partial charge in [0.1, 0.15) is 0 Å². The smallest absolute Gasteiger partial charge is 0.253 e. The number of nitrogens with one attached hydrogen (secondary N) is 2. The number of aryl methyl sites for hydroxylation is 2. The van der Waals surface area contributed by atoms with E-state index in [0.717, 1.165) is 48.8 Å². The summed E-state index contributed by atoms with van der Waals surface area (Å²) >= 11 is 0. The van der Waals surface area contributed by atoms with E-state index in [1.54, 1.807) is 0 Å². The first-order valence-corrected chi connectivity index (χ1v) is 11.2. The normalized spacial score (nSPS) is 12.5. The molecule has 0 saturated heterocycles. The lowest BCUT2D eigenvalue weighted by molar-refractivity contribution is 0.0773. The van der Waals surface area contributed by atoms with Crippen molar-refractivity contribution < 1.29 is 4.79 Å². The van der Waals surface area contributed by atoms with Crippen LogP contribution in [-0.2, 0) is 20.0 Å². The van der Waals surface area contributed by atoms with E-state index in [-0.39, 0.29) is 11.9 Å². The molecule has 31 heavy (non-hydrogen) atoms. The number of carbonyl (C=O) groups excluding carboxylic acids is 1. The summed E-state index contributed by atoms with van der Waals surface area (Å²) in [7, 11) is 1.98. The van der Waals surface area contributed by atoms with Crippen molar-refractivity contribution in [2.45, 2.75) is 60.5 Å². The largest absolute Gasteiger partial charge is 0.357 e. The Morgan fingerprint density at radius 3 is 2.32 bits per heavy atom. The third-order valence-corrected chi connectivity index (χ3v) is 5.57. The Morgan fingerprint density at radius 2 is 1.81 bits per heavy atom. The quantitative estimate of drug-likeness (QED) is 0.477. The zero-order valence-electron chi connectivity index (χ0n) is 20.1. The van der Waals surface area contributed by atoms with Crippen molar-refractivity contribution in [1.82, 2.24) is 25.3 Å². The van der Waals surface area contributed by atoms with Gasteiger partial charge in [-0.3, -0.25) is 9.48 Å². The molecule has 0 spiro atoms. The summed E-state index contributed by atoms with van der Waals surface area (Å²) in [6.45, 7) is 15.2. The van der Waals surface area contributed by atoms with E-state index in [0.29, 0.717) is 6.54 Å². The molecule has 1 aromatic carbocycles. The second-order valence-corrected chi connectivity index (χ2v) is 7.89. The molecule has 0 fully saturated rings. The van der Waals surface area contributed by atoms with Crippen LogP contribution in [0.1, 0.15) is 60.6 Å². The van der Waals surface area contributed by atoms with Crippen LogP contribution in [0.3, 0.4) is 0 Å². The summed E-state index contributed by atoms with van der Waals surface area (Å²) in [6, 6.07) is 7.96. The minimum atomic E-state index is 0.0740. The van der Waals surface area contributed by atoms with Gasteiger partial charge in [0.25, 0.3) is 5.91 Å². The van der Waals surface area contributed by atoms with Gasteiger partial charge in [0.05, 0.1) is 12.2 Å². The summed E-state index contributed by atoms with van der Waals surface area (Å²) in [6.07, 6.45) is 0.887. The van der Waals surface area contributed by atoms with Gasteiger partial charge in [0.2, 0.25) is 0 Å². The number of benzene rings is 1. The van der Waals surface area contributed by atoms with Crippen LogP contribution in [0, 0.1) is 13.8 Å². The van der Waals surface area contributed by atoms with Gasteiger partial charge in [-0.2, -0.15) is 5.10 Å². The highest BCUT2D eigenvalue weighted by atomic mass is 16.2. The average Bonchev–Trinajstić information content (AvgIpc) is 2.99. The van der Waals surface area contributed by atoms with Crippen molar-refractivity contribution >= 4 is 11.9 Å². The summed E-state index contributed by atoms with van der Waals surface area (Å²) in [5.74, 6) is 0.863. The molecule has 2 aromatic rings. The molecule has 0 aliphatic heterocycles. The van der Waals surface area contributed by atoms with Gasteiger partial charge < -0.3 is 15.5 Å². The van der Waals surface area contributed by atoms with Crippen LogP contribution in [0.5, 0.6) is 0 Å². The van der Waals surface area contributed by atoms with Crippen LogP contribution >= 0.6 is 0 Å². The van der Waals surface area contributed by atoms with Crippen LogP contribution in [0.25, 0.3) is 0 Å². The molecule has 7 heteroatoms. The molecule has 2 rings (SSSR count). The fraction of sp³-hybridized carbons (Fsp3) is 0.542. The molecule has 1 aromatic heterocycles. The number of rotatable bonds is 9. The van der Waals surface area contributed by atoms with E-state index in [2.05, 4.69) is 43.4 Å². The second kappa shape index (κ2) is 11.5. The summed E-state index contributed by atoms with van der Waals surface area (Å²) in [5.41, 5.74) is 5.35. The lowest BCUT2D eigenvalue weighted by Crippen LogP contribution is -2.43.